The number of ether oxygens (including phenoxy) is 5. The third-order valence-corrected chi connectivity index (χ3v) is 7.13. The second kappa shape index (κ2) is 17.7. The fourth-order valence-electron chi connectivity index (χ4n) is 4.26. The van der Waals surface area contributed by atoms with E-state index in [0.717, 1.165) is 22.8 Å². The van der Waals surface area contributed by atoms with Crippen molar-refractivity contribution in [1.82, 2.24) is 0 Å². The summed E-state index contributed by atoms with van der Waals surface area (Å²) in [5.74, 6) is 0.0529. The van der Waals surface area contributed by atoms with Crippen molar-refractivity contribution < 1.29 is 43.5 Å². The molecule has 0 radical (unpaired) electrons. The van der Waals surface area contributed by atoms with E-state index in [0.29, 0.717) is 17.1 Å². The minimum Gasteiger partial charge on any atom is -0.491 e. The van der Waals surface area contributed by atoms with Crippen LogP contribution in [-0.2, 0) is 29.2 Å². The molecule has 2 N–H and O–H groups in total. The summed E-state index contributed by atoms with van der Waals surface area (Å²) in [5, 5.41) is 20.2. The van der Waals surface area contributed by atoms with Crippen molar-refractivity contribution >= 4 is 23.6 Å². The Morgan fingerprint density at radius 3 is 1.76 bits per heavy atom. The number of benzene rings is 3. The minimum atomic E-state index is -0.954. The van der Waals surface area contributed by atoms with Crippen LogP contribution < -0.4 is 9.47 Å². The van der Waals surface area contributed by atoms with E-state index in [1.165, 1.54) is 0 Å². The Labute approximate surface area is 270 Å². The summed E-state index contributed by atoms with van der Waals surface area (Å²) in [6.45, 7) is 15.0. The number of esters is 2. The van der Waals surface area contributed by atoms with Crippen LogP contribution in [0.15, 0.2) is 98.6 Å². The molecule has 0 saturated carbocycles. The molecular weight excluding hydrogens is 588 g/mol. The molecule has 3 aromatic carbocycles. The van der Waals surface area contributed by atoms with Crippen molar-refractivity contribution in [3.8, 4) is 11.5 Å². The number of hydrogen-bond donors (Lipinski definition) is 2. The van der Waals surface area contributed by atoms with E-state index in [1.807, 2.05) is 60.7 Å². The molecule has 0 fully saturated rings. The third kappa shape index (κ3) is 11.0. The molecule has 0 spiro atoms. The monoisotopic (exact) mass is 630 g/mol. The maximum absolute atomic E-state index is 12.2. The van der Waals surface area contributed by atoms with E-state index in [2.05, 4.69) is 33.6 Å². The van der Waals surface area contributed by atoms with E-state index < -0.39 is 24.1 Å². The fourth-order valence-corrected chi connectivity index (χ4v) is 4.26. The molecule has 9 nitrogen and oxygen atoms in total. The van der Waals surface area contributed by atoms with Crippen LogP contribution in [0.25, 0.3) is 11.6 Å². The Morgan fingerprint density at radius 2 is 1.26 bits per heavy atom. The smallest absolute Gasteiger partial charge is 0.338 e. The summed E-state index contributed by atoms with van der Waals surface area (Å²) in [4.78, 5) is 23.3. The lowest BCUT2D eigenvalue weighted by Crippen LogP contribution is -2.25. The van der Waals surface area contributed by atoms with Crippen LogP contribution in [0.1, 0.15) is 36.1 Å². The highest BCUT2D eigenvalue weighted by Gasteiger charge is 2.23. The fraction of sp³-hybridized carbons (Fsp3) is 0.297. The highest BCUT2D eigenvalue weighted by Crippen LogP contribution is 2.33. The quantitative estimate of drug-likeness (QED) is 0.105. The van der Waals surface area contributed by atoms with Gasteiger partial charge in [0.05, 0.1) is 18.8 Å². The van der Waals surface area contributed by atoms with Crippen LogP contribution in [0, 0.1) is 0 Å². The van der Waals surface area contributed by atoms with E-state index in [-0.39, 0.29) is 50.6 Å². The van der Waals surface area contributed by atoms with E-state index >= 15 is 0 Å². The zero-order chi connectivity index (χ0) is 33.5. The zero-order valence-corrected chi connectivity index (χ0v) is 26.4. The molecule has 0 bridgehead atoms. The Kier molecular flexibility index (Phi) is 13.8. The topological polar surface area (TPSA) is 121 Å². The highest BCUT2D eigenvalue weighted by atomic mass is 16.6. The van der Waals surface area contributed by atoms with E-state index in [1.54, 1.807) is 18.2 Å². The average molecular weight is 631 g/mol. The first-order valence-electron chi connectivity index (χ1n) is 14.8. The Hall–Kier alpha value is -4.70. The van der Waals surface area contributed by atoms with Gasteiger partial charge in [-0.2, -0.15) is 0 Å². The van der Waals surface area contributed by atoms with Gasteiger partial charge in [0.25, 0.3) is 0 Å². The lowest BCUT2D eigenvalue weighted by Gasteiger charge is -2.26. The van der Waals surface area contributed by atoms with Crippen molar-refractivity contribution in [2.24, 2.45) is 0 Å². The molecule has 0 heterocycles. The van der Waals surface area contributed by atoms with Crippen LogP contribution in [0.3, 0.4) is 0 Å². The predicted octanol–water partition coefficient (Wildman–Crippen LogP) is 5.14. The molecule has 3 rings (SSSR count). The standard InChI is InChI=1S/C37H42O9/c1-6-27-8-10-28(11-9-27)26(3)36(41)43-21-20-42-22-31(38)23-44-33-16-12-29(13-17-33)37(4,5)30-14-18-34(19-15-30)45-24-32(39)25-46-35(40)7-2/h6-19,31-32,38-39H,1-3,20-25H2,4-5H3. The molecule has 46 heavy (non-hydrogen) atoms. The van der Waals surface area contributed by atoms with Gasteiger partial charge in [-0.05, 0) is 46.5 Å². The van der Waals surface area contributed by atoms with Gasteiger partial charge in [-0.15, -0.1) is 0 Å². The molecule has 2 unspecified atom stereocenters. The Balaban J connectivity index is 1.37. The van der Waals surface area contributed by atoms with Gasteiger partial charge in [-0.25, -0.2) is 9.59 Å². The average Bonchev–Trinajstić information content (AvgIpc) is 3.08. The lowest BCUT2D eigenvalue weighted by molar-refractivity contribution is -0.141. The number of aliphatic hydroxyl groups is 2. The van der Waals surface area contributed by atoms with Gasteiger partial charge >= 0.3 is 11.9 Å². The molecular formula is C37H42O9. The highest BCUT2D eigenvalue weighted by molar-refractivity contribution is 6.15. The Bertz CT molecular complexity index is 1440. The van der Waals surface area contributed by atoms with Gasteiger partial charge in [0.2, 0.25) is 0 Å². The third-order valence-electron chi connectivity index (χ3n) is 7.13. The second-order valence-corrected chi connectivity index (χ2v) is 11.0. The van der Waals surface area contributed by atoms with Crippen LogP contribution in [0.2, 0.25) is 0 Å². The minimum absolute atomic E-state index is 0.0196. The molecule has 9 heteroatoms. The largest absolute Gasteiger partial charge is 0.491 e. The van der Waals surface area contributed by atoms with Crippen molar-refractivity contribution in [3.05, 3.63) is 121 Å². The number of carbonyl (C=O) groups is 2. The van der Waals surface area contributed by atoms with Crippen LogP contribution >= 0.6 is 0 Å². The van der Waals surface area contributed by atoms with Gasteiger partial charge in [-0.1, -0.05) is 88.2 Å². The van der Waals surface area contributed by atoms with Gasteiger partial charge in [0, 0.05) is 11.5 Å². The molecule has 244 valence electrons. The van der Waals surface area contributed by atoms with Crippen LogP contribution in [0.4, 0.5) is 0 Å². The first-order chi connectivity index (χ1) is 22.0. The van der Waals surface area contributed by atoms with Crippen molar-refractivity contribution in [2.45, 2.75) is 31.5 Å². The van der Waals surface area contributed by atoms with Crippen LogP contribution in [0.5, 0.6) is 11.5 Å². The normalized spacial score (nSPS) is 12.3. The van der Waals surface area contributed by atoms with Crippen molar-refractivity contribution in [3.63, 3.8) is 0 Å². The summed E-state index contributed by atoms with van der Waals surface area (Å²) in [5.41, 5.74) is 3.65. The SMILES string of the molecule is C=CC(=O)OCC(O)COc1ccc(C(C)(C)c2ccc(OCC(O)COCCOC(=O)C(=C)c3ccc(C=C)cc3)cc2)cc1. The summed E-state index contributed by atoms with van der Waals surface area (Å²) in [6, 6.07) is 22.4. The summed E-state index contributed by atoms with van der Waals surface area (Å²) in [6.07, 6.45) is 0.930. The second-order valence-electron chi connectivity index (χ2n) is 11.0. The lowest BCUT2D eigenvalue weighted by atomic mass is 9.78. The van der Waals surface area contributed by atoms with Crippen molar-refractivity contribution in [2.75, 3.05) is 39.6 Å². The number of carbonyl (C=O) groups excluding carboxylic acids is 2. The molecule has 0 saturated heterocycles. The molecule has 3 aromatic rings. The maximum Gasteiger partial charge on any atom is 0.338 e. The van der Waals surface area contributed by atoms with E-state index in [4.69, 9.17) is 23.7 Å². The van der Waals surface area contributed by atoms with Gasteiger partial charge < -0.3 is 33.9 Å². The maximum atomic E-state index is 12.2. The molecule has 0 aliphatic carbocycles. The molecule has 0 aliphatic rings. The van der Waals surface area contributed by atoms with Crippen molar-refractivity contribution in [1.29, 1.82) is 0 Å². The summed E-state index contributed by atoms with van der Waals surface area (Å²) < 4.78 is 26.8. The van der Waals surface area contributed by atoms with Gasteiger partial charge in [0.1, 0.15) is 50.1 Å². The predicted molar refractivity (Wildman–Crippen MR) is 177 cm³/mol. The molecule has 2 atom stereocenters. The summed E-state index contributed by atoms with van der Waals surface area (Å²) in [7, 11) is 0. The molecule has 0 aliphatic heterocycles. The Morgan fingerprint density at radius 1 is 0.739 bits per heavy atom. The summed E-state index contributed by atoms with van der Waals surface area (Å²) >= 11 is 0. The van der Waals surface area contributed by atoms with E-state index in [9.17, 15) is 19.8 Å². The zero-order valence-electron chi connectivity index (χ0n) is 26.4. The first kappa shape index (κ1) is 35.8. The molecule has 0 amide bonds. The van der Waals surface area contributed by atoms with Gasteiger partial charge in [-0.3, -0.25) is 0 Å². The van der Waals surface area contributed by atoms with Crippen LogP contribution in [-0.4, -0.2) is 74.0 Å². The number of hydrogen-bond acceptors (Lipinski definition) is 9. The number of aliphatic hydroxyl groups excluding tert-OH is 2. The molecule has 0 aromatic heterocycles. The number of rotatable bonds is 19. The van der Waals surface area contributed by atoms with Gasteiger partial charge in [0.15, 0.2) is 0 Å². The first-order valence-corrected chi connectivity index (χ1v) is 14.8.